The topological polar surface area (TPSA) is 132 Å². The zero-order valence-corrected chi connectivity index (χ0v) is 28.5. The molecule has 0 amide bonds. The Kier molecular flexibility index (Phi) is 9.68. The Hall–Kier alpha value is -4.48. The number of likely N-dealkylation sites (N-methyl/N-ethyl adjacent to an activating group) is 1. The van der Waals surface area contributed by atoms with Crippen molar-refractivity contribution in [3.8, 4) is 5.75 Å². The second kappa shape index (κ2) is 13.8. The van der Waals surface area contributed by atoms with Crippen LogP contribution in [0.3, 0.4) is 0 Å². The Morgan fingerprint density at radius 3 is 2.31 bits per heavy atom. The van der Waals surface area contributed by atoms with Crippen molar-refractivity contribution in [1.29, 1.82) is 0 Å². The van der Waals surface area contributed by atoms with E-state index in [9.17, 15) is 21.6 Å². The summed E-state index contributed by atoms with van der Waals surface area (Å²) in [5.74, 6) is -0.245. The number of fused-ring (bicyclic) bond motifs is 1. The lowest BCUT2D eigenvalue weighted by molar-refractivity contribution is -0.137. The van der Waals surface area contributed by atoms with Gasteiger partial charge in [-0.1, -0.05) is 0 Å². The van der Waals surface area contributed by atoms with Gasteiger partial charge in [0.2, 0.25) is 16.0 Å². The van der Waals surface area contributed by atoms with Crippen LogP contribution in [0.4, 0.5) is 47.7 Å². The van der Waals surface area contributed by atoms with Crippen molar-refractivity contribution < 1.29 is 26.3 Å². The van der Waals surface area contributed by atoms with E-state index in [0.717, 1.165) is 68.4 Å². The molecule has 17 heteroatoms. The van der Waals surface area contributed by atoms with E-state index in [0.29, 0.717) is 29.2 Å². The molecule has 0 atom stereocenters. The van der Waals surface area contributed by atoms with Gasteiger partial charge >= 0.3 is 6.18 Å². The Labute approximate surface area is 283 Å². The summed E-state index contributed by atoms with van der Waals surface area (Å²) in [7, 11) is 1.12. The van der Waals surface area contributed by atoms with Crippen LogP contribution in [0.2, 0.25) is 0 Å². The number of rotatable bonds is 9. The van der Waals surface area contributed by atoms with Crippen LogP contribution in [0.5, 0.6) is 5.75 Å². The van der Waals surface area contributed by atoms with Crippen LogP contribution in [0.25, 0.3) is 11.0 Å². The van der Waals surface area contributed by atoms with E-state index in [-0.39, 0.29) is 22.8 Å². The molecular formula is C32H39F3N10O3S. The first-order valence-electron chi connectivity index (χ1n) is 15.8. The van der Waals surface area contributed by atoms with Gasteiger partial charge in [0.15, 0.2) is 0 Å². The lowest BCUT2D eigenvalue weighted by Crippen LogP contribution is -2.52. The highest BCUT2D eigenvalue weighted by Crippen LogP contribution is 2.40. The number of piperidine rings is 1. The van der Waals surface area contributed by atoms with Crippen LogP contribution in [0.1, 0.15) is 18.4 Å². The lowest BCUT2D eigenvalue weighted by Gasteiger charge is -2.42. The van der Waals surface area contributed by atoms with E-state index < -0.39 is 27.6 Å². The molecule has 2 saturated heterocycles. The van der Waals surface area contributed by atoms with E-state index in [1.807, 2.05) is 12.1 Å². The van der Waals surface area contributed by atoms with Gasteiger partial charge in [-0.05, 0) is 44.2 Å². The molecule has 2 aliphatic heterocycles. The molecule has 4 aromatic rings. The second-order valence-corrected chi connectivity index (χ2v) is 14.3. The monoisotopic (exact) mass is 700 g/mol. The number of benzene rings is 2. The highest BCUT2D eigenvalue weighted by Gasteiger charge is 2.36. The van der Waals surface area contributed by atoms with Crippen LogP contribution in [0, 0.1) is 0 Å². The van der Waals surface area contributed by atoms with Crippen LogP contribution in [-0.2, 0) is 16.2 Å². The zero-order valence-electron chi connectivity index (χ0n) is 27.7. The SMILES string of the molecule is COc1cc(N2CCC(N3CCN(C)CC3)CC2)ccc1Nc1ncc(C(F)(F)F)c(Nc2ccc3nccnc3c2N(C)S(C)(=O)=O)n1. The number of piperazine rings is 1. The van der Waals surface area contributed by atoms with E-state index in [2.05, 4.69) is 52.3 Å². The Morgan fingerprint density at radius 2 is 1.63 bits per heavy atom. The number of ether oxygens (including phenoxy) is 1. The van der Waals surface area contributed by atoms with Crippen molar-refractivity contribution in [2.75, 3.05) is 86.6 Å². The number of aromatic nitrogens is 4. The predicted molar refractivity (Wildman–Crippen MR) is 184 cm³/mol. The Morgan fingerprint density at radius 1 is 0.939 bits per heavy atom. The summed E-state index contributed by atoms with van der Waals surface area (Å²) in [6.45, 7) is 6.17. The van der Waals surface area contributed by atoms with Gasteiger partial charge in [0.05, 0.1) is 30.3 Å². The summed E-state index contributed by atoms with van der Waals surface area (Å²) < 4.78 is 74.3. The van der Waals surface area contributed by atoms with Crippen molar-refractivity contribution in [2.45, 2.75) is 25.1 Å². The van der Waals surface area contributed by atoms with Crippen molar-refractivity contribution >= 4 is 55.6 Å². The smallest absolute Gasteiger partial charge is 0.421 e. The summed E-state index contributed by atoms with van der Waals surface area (Å²) in [5, 5.41) is 5.69. The number of sulfonamides is 1. The molecule has 0 radical (unpaired) electrons. The standard InChI is InChI=1S/C32H39F3N10O3S/c1-42-15-17-45(18-16-42)21-9-13-44(14-10-21)22-5-6-24(27(19-22)48-3)40-31-38-20-23(32(33,34)35)30(41-31)39-26-8-7-25-28(37-12-11-36-25)29(26)43(2)49(4,46)47/h5-8,11-12,19-21H,9-10,13-18H2,1-4H3,(H2,38,39,40,41). The van der Waals surface area contributed by atoms with E-state index in [1.54, 1.807) is 6.07 Å². The molecule has 2 N–H and O–H groups in total. The van der Waals surface area contributed by atoms with Gasteiger partial charge in [0.1, 0.15) is 28.3 Å². The Balaban J connectivity index is 1.25. The first kappa shape index (κ1) is 34.4. The fourth-order valence-electron chi connectivity index (χ4n) is 6.26. The molecule has 2 fully saturated rings. The predicted octanol–water partition coefficient (Wildman–Crippen LogP) is 4.55. The molecule has 0 unspecified atom stereocenters. The third-order valence-corrected chi connectivity index (χ3v) is 10.3. The van der Waals surface area contributed by atoms with Crippen molar-refractivity contribution in [1.82, 2.24) is 29.7 Å². The van der Waals surface area contributed by atoms with E-state index in [4.69, 9.17) is 4.74 Å². The molecule has 0 aliphatic carbocycles. The molecule has 2 aromatic carbocycles. The van der Waals surface area contributed by atoms with Crippen LogP contribution >= 0.6 is 0 Å². The summed E-state index contributed by atoms with van der Waals surface area (Å²) in [6.07, 6.45) is 1.76. The summed E-state index contributed by atoms with van der Waals surface area (Å²) in [4.78, 5) is 23.9. The maximum Gasteiger partial charge on any atom is 0.421 e. The highest BCUT2D eigenvalue weighted by molar-refractivity contribution is 7.92. The lowest BCUT2D eigenvalue weighted by atomic mass is 10.0. The fraction of sp³-hybridized carbons (Fsp3) is 0.438. The van der Waals surface area contributed by atoms with Gasteiger partial charge in [0.25, 0.3) is 0 Å². The molecule has 49 heavy (non-hydrogen) atoms. The molecule has 13 nitrogen and oxygen atoms in total. The third-order valence-electron chi connectivity index (χ3n) is 9.09. The quantitative estimate of drug-likeness (QED) is 0.254. The molecule has 2 aromatic heterocycles. The number of hydrogen-bond acceptors (Lipinski definition) is 12. The zero-order chi connectivity index (χ0) is 34.9. The van der Waals surface area contributed by atoms with Gasteiger partial charge < -0.3 is 25.2 Å². The van der Waals surface area contributed by atoms with Crippen molar-refractivity contribution in [3.63, 3.8) is 0 Å². The maximum atomic E-state index is 14.2. The fourth-order valence-corrected chi connectivity index (χ4v) is 6.77. The van der Waals surface area contributed by atoms with Gasteiger partial charge in [-0.2, -0.15) is 18.2 Å². The molecule has 4 heterocycles. The average molecular weight is 701 g/mol. The van der Waals surface area contributed by atoms with Gasteiger partial charge in [-0.3, -0.25) is 19.2 Å². The number of hydrogen-bond donors (Lipinski definition) is 2. The van der Waals surface area contributed by atoms with Crippen molar-refractivity contribution in [2.24, 2.45) is 0 Å². The second-order valence-electron chi connectivity index (χ2n) is 12.3. The third kappa shape index (κ3) is 7.58. The van der Waals surface area contributed by atoms with Crippen LogP contribution in [0.15, 0.2) is 48.9 Å². The molecule has 2 aliphatic rings. The molecule has 0 spiro atoms. The normalized spacial score (nSPS) is 16.9. The molecule has 262 valence electrons. The molecule has 0 saturated carbocycles. The first-order chi connectivity index (χ1) is 23.3. The minimum atomic E-state index is -4.82. The maximum absolute atomic E-state index is 14.2. The van der Waals surface area contributed by atoms with Crippen LogP contribution in [-0.4, -0.2) is 111 Å². The number of halogens is 3. The summed E-state index contributed by atoms with van der Waals surface area (Å²) >= 11 is 0. The minimum absolute atomic E-state index is 0.0131. The molecule has 0 bridgehead atoms. The van der Waals surface area contributed by atoms with Crippen LogP contribution < -0.4 is 24.6 Å². The van der Waals surface area contributed by atoms with Gasteiger partial charge in [-0.15, -0.1) is 0 Å². The number of methoxy groups -OCH3 is 1. The van der Waals surface area contributed by atoms with E-state index >= 15 is 0 Å². The minimum Gasteiger partial charge on any atom is -0.494 e. The Bertz CT molecular complexity index is 1910. The van der Waals surface area contributed by atoms with Gasteiger partial charge in [-0.25, -0.2) is 13.4 Å². The summed E-state index contributed by atoms with van der Waals surface area (Å²) in [6, 6.07) is 9.14. The number of anilines is 6. The van der Waals surface area contributed by atoms with Crippen molar-refractivity contribution in [3.05, 3.63) is 54.5 Å². The first-order valence-corrected chi connectivity index (χ1v) is 17.7. The highest BCUT2D eigenvalue weighted by atomic mass is 32.2. The average Bonchev–Trinajstić information content (AvgIpc) is 3.07. The number of nitrogens with one attached hydrogen (secondary N) is 2. The number of alkyl halides is 3. The molecular weight excluding hydrogens is 661 g/mol. The molecule has 6 rings (SSSR count). The largest absolute Gasteiger partial charge is 0.494 e. The summed E-state index contributed by atoms with van der Waals surface area (Å²) in [5.41, 5.74) is 0.866. The van der Waals surface area contributed by atoms with Gasteiger partial charge in [0, 0.05) is 82.7 Å². The number of nitrogens with zero attached hydrogens (tertiary/aromatic N) is 8. The van der Waals surface area contributed by atoms with E-state index in [1.165, 1.54) is 38.7 Å².